The second-order valence-electron chi connectivity index (χ2n) is 12.9. The van der Waals surface area contributed by atoms with Crippen molar-refractivity contribution in [3.05, 3.63) is 107 Å². The summed E-state index contributed by atoms with van der Waals surface area (Å²) in [5.74, 6) is -0.458. The van der Waals surface area contributed by atoms with Crippen LogP contribution in [-0.4, -0.2) is 78.0 Å². The Bertz CT molecular complexity index is 2070. The van der Waals surface area contributed by atoms with Gasteiger partial charge >= 0.3 is 0 Å². The lowest BCUT2D eigenvalue weighted by Crippen LogP contribution is -2.35. The van der Waals surface area contributed by atoms with Crippen LogP contribution in [0.15, 0.2) is 79.1 Å². The molecule has 0 spiro atoms. The monoisotopic (exact) mass is 710 g/mol. The summed E-state index contributed by atoms with van der Waals surface area (Å²) in [6.45, 7) is 2.74. The van der Waals surface area contributed by atoms with Crippen molar-refractivity contribution >= 4 is 40.3 Å². The number of amides is 1. The fourth-order valence-corrected chi connectivity index (χ4v) is 6.38. The van der Waals surface area contributed by atoms with Crippen molar-refractivity contribution < 1.29 is 33.0 Å². The molecule has 0 radical (unpaired) electrons. The molecule has 2 heterocycles. The Kier molecular flexibility index (Phi) is 11.2. The lowest BCUT2D eigenvalue weighted by molar-refractivity contribution is -0.121. The maximum Gasteiger partial charge on any atom is 0.246 e. The first-order valence-electron chi connectivity index (χ1n) is 16.9. The zero-order chi connectivity index (χ0) is 36.8. The summed E-state index contributed by atoms with van der Waals surface area (Å²) in [4.78, 5) is 38.1. The predicted molar refractivity (Wildman–Crippen MR) is 194 cm³/mol. The molecule has 1 amide bonds. The van der Waals surface area contributed by atoms with Gasteiger partial charge in [0, 0.05) is 34.8 Å². The average molecular weight is 711 g/mol. The third-order valence-electron chi connectivity index (χ3n) is 9.30. The number of rotatable bonds is 13. The minimum atomic E-state index is -1.21. The Labute approximate surface area is 300 Å². The number of hydrogen-bond donors (Lipinski definition) is 3. The number of piperidine rings is 1. The molecule has 1 aliphatic rings. The van der Waals surface area contributed by atoms with Gasteiger partial charge in [0.05, 0.1) is 24.9 Å². The third kappa shape index (κ3) is 8.27. The molecule has 1 atom stereocenters. The summed E-state index contributed by atoms with van der Waals surface area (Å²) in [6.07, 6.45) is 4.20. The van der Waals surface area contributed by atoms with Crippen LogP contribution in [-0.2, 0) is 11.3 Å². The van der Waals surface area contributed by atoms with Crippen molar-refractivity contribution in [2.24, 2.45) is 5.92 Å². The number of halogens is 2. The minimum Gasteiger partial charge on any atom is -0.508 e. The van der Waals surface area contributed by atoms with E-state index in [0.717, 1.165) is 50.2 Å². The van der Waals surface area contributed by atoms with Gasteiger partial charge in [-0.1, -0.05) is 24.3 Å². The Morgan fingerprint density at radius 1 is 1.06 bits per heavy atom. The molecule has 5 aromatic rings. The van der Waals surface area contributed by atoms with E-state index in [0.29, 0.717) is 58.2 Å². The van der Waals surface area contributed by atoms with E-state index >= 15 is 4.39 Å². The van der Waals surface area contributed by atoms with E-state index in [1.165, 1.54) is 18.5 Å². The van der Waals surface area contributed by atoms with Crippen LogP contribution in [0.3, 0.4) is 0 Å². The van der Waals surface area contributed by atoms with E-state index in [-0.39, 0.29) is 29.2 Å². The van der Waals surface area contributed by atoms with E-state index in [2.05, 4.69) is 32.5 Å². The summed E-state index contributed by atoms with van der Waals surface area (Å²) < 4.78 is 41.8. The largest absolute Gasteiger partial charge is 0.508 e. The van der Waals surface area contributed by atoms with Crippen LogP contribution in [0.2, 0.25) is 0 Å². The van der Waals surface area contributed by atoms with Gasteiger partial charge in [-0.25, -0.2) is 18.7 Å². The summed E-state index contributed by atoms with van der Waals surface area (Å²) in [6, 6.07) is 16.6. The first-order chi connectivity index (χ1) is 25.1. The molecule has 1 unspecified atom stereocenters. The lowest BCUT2D eigenvalue weighted by Gasteiger charge is -2.28. The van der Waals surface area contributed by atoms with Crippen molar-refractivity contribution in [1.29, 1.82) is 0 Å². The molecule has 1 saturated heterocycles. The molecular formula is C39H40F2N6O5. The molecule has 1 fully saturated rings. The molecule has 0 bridgehead atoms. The number of phenolic OH excluding ortho intramolecular Hbond substituents is 1. The quantitative estimate of drug-likeness (QED) is 0.113. The van der Waals surface area contributed by atoms with Crippen molar-refractivity contribution in [3.8, 4) is 17.2 Å². The smallest absolute Gasteiger partial charge is 0.246 e. The fraction of sp³-hybridized carbons (Fsp3) is 0.282. The number of hydrogen-bond acceptors (Lipinski definition) is 10. The molecule has 3 N–H and O–H groups in total. The molecule has 270 valence electrons. The van der Waals surface area contributed by atoms with Gasteiger partial charge in [0.2, 0.25) is 5.91 Å². The van der Waals surface area contributed by atoms with Gasteiger partial charge in [0.25, 0.3) is 0 Å². The van der Waals surface area contributed by atoms with Gasteiger partial charge in [-0.15, -0.1) is 0 Å². The number of carbonyl (C=O) groups is 2. The average Bonchev–Trinajstić information content (AvgIpc) is 3.14. The van der Waals surface area contributed by atoms with Gasteiger partial charge in [-0.05, 0) is 94.0 Å². The number of carbonyl (C=O) groups excluding carboxylic acids is 2. The lowest BCUT2D eigenvalue weighted by atomic mass is 9.98. The molecule has 1 aliphatic heterocycles. The van der Waals surface area contributed by atoms with E-state index in [1.54, 1.807) is 55.5 Å². The number of phenols is 1. The number of aromatic hydroxyl groups is 1. The molecular weight excluding hydrogens is 670 g/mol. The maximum absolute atomic E-state index is 15.6. The molecule has 0 saturated carbocycles. The second kappa shape index (κ2) is 16.1. The minimum absolute atomic E-state index is 0.00351. The van der Waals surface area contributed by atoms with Crippen molar-refractivity contribution in [3.63, 3.8) is 0 Å². The zero-order valence-electron chi connectivity index (χ0n) is 29.1. The van der Waals surface area contributed by atoms with Crippen LogP contribution in [0, 0.1) is 17.6 Å². The predicted octanol–water partition coefficient (Wildman–Crippen LogP) is 6.71. The van der Waals surface area contributed by atoms with Crippen LogP contribution < -0.4 is 20.1 Å². The summed E-state index contributed by atoms with van der Waals surface area (Å²) in [5, 5.41) is 16.9. The number of anilines is 3. The molecule has 11 nitrogen and oxygen atoms in total. The van der Waals surface area contributed by atoms with E-state index in [9.17, 15) is 19.1 Å². The molecule has 0 aliphatic carbocycles. The van der Waals surface area contributed by atoms with E-state index in [4.69, 9.17) is 9.47 Å². The Morgan fingerprint density at radius 3 is 2.60 bits per heavy atom. The van der Waals surface area contributed by atoms with Crippen LogP contribution >= 0.6 is 0 Å². The van der Waals surface area contributed by atoms with Crippen LogP contribution in [0.5, 0.6) is 17.2 Å². The highest BCUT2D eigenvalue weighted by Crippen LogP contribution is 2.36. The van der Waals surface area contributed by atoms with Crippen molar-refractivity contribution in [2.75, 3.05) is 51.5 Å². The number of likely N-dealkylation sites (N-methyl/N-ethyl adjacent to an activating group) is 1. The first-order valence-corrected chi connectivity index (χ1v) is 16.9. The molecule has 13 heteroatoms. The zero-order valence-corrected chi connectivity index (χ0v) is 29.1. The van der Waals surface area contributed by atoms with Crippen molar-refractivity contribution in [1.82, 2.24) is 19.8 Å². The van der Waals surface area contributed by atoms with Crippen LogP contribution in [0.4, 0.5) is 26.0 Å². The topological polar surface area (TPSA) is 129 Å². The normalized spacial score (nSPS) is 14.3. The Morgan fingerprint density at radius 2 is 1.85 bits per heavy atom. The van der Waals surface area contributed by atoms with Gasteiger partial charge in [0.1, 0.15) is 41.9 Å². The van der Waals surface area contributed by atoms with E-state index in [1.807, 2.05) is 0 Å². The number of aromatic nitrogens is 2. The standard InChI is InChI=1S/C39H40F2N6O5/c1-46-14-12-24(13-15-46)22-52-36-19-33-29(18-35(36)51-3)38(43-23-42-33)45-32-10-9-28(17-31(32)41)44-39(50)37(30-16-27(40)8-11-34(30)49)47(2)20-25-6-4-5-7-26(25)21-48/h4-11,16-19,21,23-24,37,49H,12-15,20,22H2,1-3H3,(H,44,50)(H,42,43,45). The maximum atomic E-state index is 15.6. The van der Waals surface area contributed by atoms with Gasteiger partial charge in [-0.2, -0.15) is 0 Å². The van der Waals surface area contributed by atoms with Gasteiger partial charge < -0.3 is 30.1 Å². The van der Waals surface area contributed by atoms with Gasteiger partial charge in [0.15, 0.2) is 11.5 Å². The number of benzene rings is 4. The fourth-order valence-electron chi connectivity index (χ4n) is 6.38. The summed E-state index contributed by atoms with van der Waals surface area (Å²) >= 11 is 0. The number of likely N-dealkylation sites (tertiary alicyclic amines) is 1. The molecule has 6 rings (SSSR count). The second-order valence-corrected chi connectivity index (χ2v) is 12.9. The Balaban J connectivity index is 1.20. The number of fused-ring (bicyclic) bond motifs is 1. The molecule has 4 aromatic carbocycles. The molecule has 52 heavy (non-hydrogen) atoms. The van der Waals surface area contributed by atoms with Gasteiger partial charge in [-0.3, -0.25) is 14.5 Å². The van der Waals surface area contributed by atoms with Crippen molar-refractivity contribution in [2.45, 2.75) is 25.4 Å². The SMILES string of the molecule is COc1cc2c(Nc3ccc(NC(=O)C(c4cc(F)ccc4O)N(C)Cc4ccccc4C=O)cc3F)ncnc2cc1OCC1CCN(C)CC1. The highest BCUT2D eigenvalue weighted by atomic mass is 19.1. The highest BCUT2D eigenvalue weighted by Gasteiger charge is 2.29. The summed E-state index contributed by atoms with van der Waals surface area (Å²) in [7, 11) is 5.28. The number of nitrogens with zero attached hydrogens (tertiary/aromatic N) is 4. The van der Waals surface area contributed by atoms with Crippen LogP contribution in [0.1, 0.15) is 40.4 Å². The number of nitrogens with one attached hydrogen (secondary N) is 2. The highest BCUT2D eigenvalue weighted by molar-refractivity contribution is 5.96. The van der Waals surface area contributed by atoms with Crippen LogP contribution in [0.25, 0.3) is 10.9 Å². The molecule has 1 aromatic heterocycles. The number of methoxy groups -OCH3 is 1. The third-order valence-corrected chi connectivity index (χ3v) is 9.30. The first kappa shape index (κ1) is 36.1. The number of ether oxygens (including phenoxy) is 2. The summed E-state index contributed by atoms with van der Waals surface area (Å²) in [5.41, 5.74) is 1.84. The Hall–Kier alpha value is -5.66. The van der Waals surface area contributed by atoms with E-state index < -0.39 is 23.6 Å². The number of aldehydes is 1.